The van der Waals surface area contributed by atoms with Gasteiger partial charge in [0.2, 0.25) is 0 Å². The van der Waals surface area contributed by atoms with Gasteiger partial charge in [-0.15, -0.1) is 0 Å². The van der Waals surface area contributed by atoms with Gasteiger partial charge < -0.3 is 31.3 Å². The lowest BCUT2D eigenvalue weighted by Crippen LogP contribution is -2.70. The van der Waals surface area contributed by atoms with Gasteiger partial charge in [0.05, 0.1) is 49.3 Å². The molecule has 4 unspecified atom stereocenters. The second-order valence-electron chi connectivity index (χ2n) is 14.9. The molecule has 0 spiro atoms. The Morgan fingerprint density at radius 2 is 1.78 bits per heavy atom. The molecular weight excluding hydrogens is 568 g/mol. The highest BCUT2D eigenvalue weighted by molar-refractivity contribution is 5.75. The van der Waals surface area contributed by atoms with Gasteiger partial charge in [0.1, 0.15) is 24.5 Å². The fourth-order valence-corrected chi connectivity index (χ4v) is 8.94. The Hall–Kier alpha value is -1.54. The number of hydrogen-bond donors (Lipinski definition) is 6. The molecule has 2 saturated carbocycles. The lowest BCUT2D eigenvalue weighted by molar-refractivity contribution is -0.146. The van der Waals surface area contributed by atoms with Crippen molar-refractivity contribution < 1.29 is 14.9 Å². The molecule has 0 amide bonds. The molecule has 1 aromatic rings. The minimum absolute atomic E-state index is 0.0217. The van der Waals surface area contributed by atoms with E-state index in [4.69, 9.17) is 10.5 Å². The van der Waals surface area contributed by atoms with Crippen molar-refractivity contribution in [2.45, 2.75) is 140 Å². The summed E-state index contributed by atoms with van der Waals surface area (Å²) in [7, 11) is 0. The quantitative estimate of drug-likeness (QED) is 0.217. The monoisotopic (exact) mass is 626 g/mol. The Morgan fingerprint density at radius 3 is 2.47 bits per heavy atom. The topological polar surface area (TPSA) is 125 Å². The summed E-state index contributed by atoms with van der Waals surface area (Å²) >= 11 is 0. The number of hydrogen-bond acceptors (Lipinski definition) is 11. The van der Waals surface area contributed by atoms with Gasteiger partial charge in [0, 0.05) is 18.6 Å². The van der Waals surface area contributed by atoms with Crippen LogP contribution in [0.15, 0.2) is 18.2 Å². The number of aliphatic hydroxyl groups is 2. The molecule has 252 valence electrons. The van der Waals surface area contributed by atoms with Gasteiger partial charge in [-0.3, -0.25) is 20.0 Å². The maximum Gasteiger partial charge on any atom is 0.142 e. The SMILES string of the molecule is CCN1CN(CC)C2C(NCN2[C@@H]2O[C@H](CN(C(C)C)[C@H]3C[C@H](CCC4Nc5ccc(C6CCC6)cc5N4)C3)[C@@H](O)[C@H]2O)C1N. The largest absolute Gasteiger partial charge is 0.387 e. The van der Waals surface area contributed by atoms with Crippen LogP contribution in [0.2, 0.25) is 0 Å². The normalized spacial score (nSPS) is 39.0. The van der Waals surface area contributed by atoms with Crippen LogP contribution >= 0.6 is 0 Å². The first-order valence-corrected chi connectivity index (χ1v) is 17.9. The molecule has 0 radical (unpaired) electrons. The molecule has 4 aliphatic heterocycles. The molecule has 1 aromatic carbocycles. The highest BCUT2D eigenvalue weighted by Gasteiger charge is 2.54. The Bertz CT molecular complexity index is 1160. The molecule has 7 rings (SSSR count). The minimum Gasteiger partial charge on any atom is -0.387 e. The van der Waals surface area contributed by atoms with Crippen LogP contribution in [-0.2, 0) is 4.74 Å². The van der Waals surface area contributed by atoms with Crippen LogP contribution in [0.1, 0.15) is 84.1 Å². The number of aliphatic hydroxyl groups excluding tert-OH is 2. The summed E-state index contributed by atoms with van der Waals surface area (Å²) in [6.45, 7) is 12.5. The molecule has 45 heavy (non-hydrogen) atoms. The van der Waals surface area contributed by atoms with Crippen LogP contribution in [-0.4, -0.2) is 124 Å². The molecule has 0 aromatic heterocycles. The molecule has 11 heteroatoms. The van der Waals surface area contributed by atoms with E-state index < -0.39 is 24.5 Å². The van der Waals surface area contributed by atoms with E-state index in [1.54, 1.807) is 0 Å². The maximum atomic E-state index is 11.3. The zero-order valence-corrected chi connectivity index (χ0v) is 27.8. The maximum absolute atomic E-state index is 11.3. The molecule has 3 saturated heterocycles. The van der Waals surface area contributed by atoms with E-state index in [9.17, 15) is 10.2 Å². The number of ether oxygens (including phenoxy) is 1. The van der Waals surface area contributed by atoms with E-state index in [1.165, 1.54) is 55.5 Å². The fraction of sp³-hybridized carbons (Fsp3) is 0.824. The summed E-state index contributed by atoms with van der Waals surface area (Å²) in [6, 6.07) is 7.82. The number of benzene rings is 1. The van der Waals surface area contributed by atoms with E-state index in [1.807, 2.05) is 0 Å². The second-order valence-corrected chi connectivity index (χ2v) is 14.9. The lowest BCUT2D eigenvalue weighted by Gasteiger charge is -2.49. The summed E-state index contributed by atoms with van der Waals surface area (Å²) < 4.78 is 6.55. The first-order valence-electron chi connectivity index (χ1n) is 17.9. The third-order valence-electron chi connectivity index (χ3n) is 12.1. The highest BCUT2D eigenvalue weighted by Crippen LogP contribution is 2.42. The number of nitrogens with two attached hydrogens (primary N) is 1. The average molecular weight is 627 g/mol. The van der Waals surface area contributed by atoms with Crippen molar-refractivity contribution >= 4 is 11.4 Å². The predicted octanol–water partition coefficient (Wildman–Crippen LogP) is 2.29. The fourth-order valence-electron chi connectivity index (χ4n) is 8.94. The van der Waals surface area contributed by atoms with Gasteiger partial charge >= 0.3 is 0 Å². The standard InChI is InChI=1S/C34H58N8O3/c1-5-39-19-40(6-2)33-29(32(39)35)36-18-42(33)34-31(44)30(43)27(45-34)17-41(20(3)4)24-14-21(15-24)10-13-28-37-25-12-11-23(16-26(25)38-28)22-8-7-9-22/h11-12,16,20-22,24,27-34,36-38,43-44H,5-10,13-15,17-19,35H2,1-4H3/t21-,24-,27-,28?,29?,30-,31-,32?,33?,34-/m1/s1. The predicted molar refractivity (Wildman–Crippen MR) is 177 cm³/mol. The van der Waals surface area contributed by atoms with Crippen molar-refractivity contribution in [2.75, 3.05) is 43.6 Å². The number of anilines is 2. The van der Waals surface area contributed by atoms with Crippen LogP contribution in [0.3, 0.4) is 0 Å². The lowest BCUT2D eigenvalue weighted by atomic mass is 9.76. The number of nitrogens with one attached hydrogen (secondary N) is 3. The Labute approximate surface area is 269 Å². The van der Waals surface area contributed by atoms with Crippen LogP contribution in [0.25, 0.3) is 0 Å². The van der Waals surface area contributed by atoms with E-state index >= 15 is 0 Å². The van der Waals surface area contributed by atoms with Crippen molar-refractivity contribution in [3.05, 3.63) is 23.8 Å². The second kappa shape index (κ2) is 13.2. The van der Waals surface area contributed by atoms with E-state index in [0.717, 1.165) is 32.1 Å². The van der Waals surface area contributed by atoms with Crippen LogP contribution in [0, 0.1) is 5.92 Å². The van der Waals surface area contributed by atoms with Gasteiger partial charge in [-0.2, -0.15) is 0 Å². The average Bonchev–Trinajstić information content (AvgIpc) is 3.67. The number of nitrogens with zero attached hydrogens (tertiary/aromatic N) is 4. The van der Waals surface area contributed by atoms with E-state index in [2.05, 4.69) is 81.4 Å². The van der Waals surface area contributed by atoms with Gasteiger partial charge in [0.15, 0.2) is 0 Å². The van der Waals surface area contributed by atoms with Crippen molar-refractivity contribution in [3.63, 3.8) is 0 Å². The Kier molecular flexibility index (Phi) is 9.37. The smallest absolute Gasteiger partial charge is 0.142 e. The third kappa shape index (κ3) is 6.02. The van der Waals surface area contributed by atoms with Crippen LogP contribution in [0.4, 0.5) is 11.4 Å². The zero-order chi connectivity index (χ0) is 31.4. The molecule has 7 N–H and O–H groups in total. The highest BCUT2D eigenvalue weighted by atomic mass is 16.6. The summed E-state index contributed by atoms with van der Waals surface area (Å²) in [4.78, 5) is 9.36. The zero-order valence-electron chi connectivity index (χ0n) is 27.8. The van der Waals surface area contributed by atoms with Gasteiger partial charge in [0.25, 0.3) is 0 Å². The summed E-state index contributed by atoms with van der Waals surface area (Å²) in [6.07, 6.45) is 6.06. The summed E-state index contributed by atoms with van der Waals surface area (Å²) in [5, 5.41) is 33.5. The number of likely N-dealkylation sites (N-methyl/N-ethyl adjacent to an activating group) is 2. The molecule has 11 nitrogen and oxygen atoms in total. The minimum atomic E-state index is -0.960. The molecule has 2 aliphatic carbocycles. The molecule has 0 bridgehead atoms. The van der Waals surface area contributed by atoms with Gasteiger partial charge in [-0.1, -0.05) is 26.3 Å². The van der Waals surface area contributed by atoms with Crippen LogP contribution in [0.5, 0.6) is 0 Å². The first kappa shape index (κ1) is 32.0. The molecular formula is C34H58N8O3. The number of fused-ring (bicyclic) bond motifs is 2. The van der Waals surface area contributed by atoms with Crippen molar-refractivity contribution in [3.8, 4) is 0 Å². The van der Waals surface area contributed by atoms with E-state index in [-0.39, 0.29) is 18.4 Å². The van der Waals surface area contributed by atoms with Crippen LogP contribution < -0.4 is 21.7 Å². The number of rotatable bonds is 11. The van der Waals surface area contributed by atoms with Gasteiger partial charge in [-0.25, -0.2) is 4.90 Å². The Balaban J connectivity index is 0.907. The molecule has 8 atom stereocenters. The van der Waals surface area contributed by atoms with Gasteiger partial charge in [-0.05, 0) is 95.0 Å². The van der Waals surface area contributed by atoms with Crippen molar-refractivity contribution in [2.24, 2.45) is 11.7 Å². The summed E-state index contributed by atoms with van der Waals surface area (Å²) in [5.41, 5.74) is 10.7. The van der Waals surface area contributed by atoms with Crippen molar-refractivity contribution in [1.29, 1.82) is 0 Å². The molecule has 4 heterocycles. The van der Waals surface area contributed by atoms with E-state index in [0.29, 0.717) is 37.4 Å². The molecule has 6 aliphatic rings. The summed E-state index contributed by atoms with van der Waals surface area (Å²) in [5.74, 6) is 1.48. The Morgan fingerprint density at radius 1 is 1.02 bits per heavy atom. The third-order valence-corrected chi connectivity index (χ3v) is 12.1. The molecule has 5 fully saturated rings. The van der Waals surface area contributed by atoms with Crippen molar-refractivity contribution in [1.82, 2.24) is 24.9 Å². The first-order chi connectivity index (χ1) is 21.7.